The fraction of sp³-hybridized carbons (Fsp3) is 0.154. The summed E-state index contributed by atoms with van der Waals surface area (Å²) in [7, 11) is 0. The molecule has 0 atom stereocenters. The number of nitrogens with one attached hydrogen (secondary N) is 2. The Morgan fingerprint density at radius 3 is 2.30 bits per heavy atom. The molecule has 0 radical (unpaired) electrons. The normalized spacial score (nSPS) is 11.3. The lowest BCUT2D eigenvalue weighted by Gasteiger charge is -2.20. The van der Waals surface area contributed by atoms with Gasteiger partial charge in [0.05, 0.1) is 6.21 Å². The number of anilines is 1. The quantitative estimate of drug-likeness (QED) is 0.300. The number of amides is 2. The van der Waals surface area contributed by atoms with E-state index in [1.54, 1.807) is 48.8 Å². The fourth-order valence-corrected chi connectivity index (χ4v) is 3.16. The topological polar surface area (TPSA) is 86.7 Å². The minimum Gasteiger partial charge on any atom is -0.372 e. The van der Waals surface area contributed by atoms with Crippen LogP contribution in [-0.2, 0) is 4.79 Å². The largest absolute Gasteiger partial charge is 0.372 e. The molecule has 7 nitrogen and oxygen atoms in total. The van der Waals surface area contributed by atoms with Gasteiger partial charge in [-0.05, 0) is 55.8 Å². The Balaban J connectivity index is 1.81. The molecule has 33 heavy (non-hydrogen) atoms. The average Bonchev–Trinajstić information content (AvgIpc) is 2.86. The summed E-state index contributed by atoms with van der Waals surface area (Å²) in [6.07, 6.45) is 6.39. The third-order valence-electron chi connectivity index (χ3n) is 4.93. The van der Waals surface area contributed by atoms with E-state index >= 15 is 0 Å². The molecule has 2 N–H and O–H groups in total. The number of pyridine rings is 1. The van der Waals surface area contributed by atoms with Gasteiger partial charge in [-0.3, -0.25) is 14.6 Å². The second-order valence-electron chi connectivity index (χ2n) is 7.13. The van der Waals surface area contributed by atoms with E-state index in [0.717, 1.165) is 29.9 Å². The first-order chi connectivity index (χ1) is 16.1. The van der Waals surface area contributed by atoms with Crippen molar-refractivity contribution in [1.82, 2.24) is 15.7 Å². The smallest absolute Gasteiger partial charge is 0.287 e. The van der Waals surface area contributed by atoms with Gasteiger partial charge < -0.3 is 10.2 Å². The van der Waals surface area contributed by atoms with E-state index in [4.69, 9.17) is 0 Å². The van der Waals surface area contributed by atoms with Gasteiger partial charge in [0, 0.05) is 42.3 Å². The minimum absolute atomic E-state index is 0.0859. The molecule has 3 rings (SSSR count). The van der Waals surface area contributed by atoms with Gasteiger partial charge in [0.1, 0.15) is 5.70 Å². The Labute approximate surface area is 193 Å². The van der Waals surface area contributed by atoms with Crippen molar-refractivity contribution in [1.29, 1.82) is 0 Å². The molecule has 3 aromatic rings. The second-order valence-corrected chi connectivity index (χ2v) is 7.13. The van der Waals surface area contributed by atoms with Crippen molar-refractivity contribution in [2.24, 2.45) is 5.10 Å². The molecule has 0 aliphatic heterocycles. The predicted molar refractivity (Wildman–Crippen MR) is 132 cm³/mol. The summed E-state index contributed by atoms with van der Waals surface area (Å²) in [5.74, 6) is -0.916. The van der Waals surface area contributed by atoms with E-state index in [-0.39, 0.29) is 11.6 Å². The first-order valence-electron chi connectivity index (χ1n) is 10.8. The standard InChI is InChI=1S/C26H27N5O2/c1-3-31(4-2)23-14-12-20(13-15-23)17-24(29-25(32)22-10-6-5-7-11-22)26(33)30-28-19-21-9-8-16-27-18-21/h5-19H,3-4H2,1-2H3,(H,29,32)(H,30,33). The number of hydrogen-bond donors (Lipinski definition) is 2. The first kappa shape index (κ1) is 23.4. The zero-order chi connectivity index (χ0) is 23.5. The lowest BCUT2D eigenvalue weighted by molar-refractivity contribution is -0.117. The Morgan fingerprint density at radius 2 is 1.67 bits per heavy atom. The van der Waals surface area contributed by atoms with Gasteiger partial charge in [0.15, 0.2) is 0 Å². The van der Waals surface area contributed by atoms with Crippen LogP contribution in [-0.4, -0.2) is 36.1 Å². The Bertz CT molecular complexity index is 1110. The number of carbonyl (C=O) groups is 2. The van der Waals surface area contributed by atoms with Gasteiger partial charge in [-0.1, -0.05) is 36.4 Å². The molecule has 0 bridgehead atoms. The Hall–Kier alpha value is -4.26. The van der Waals surface area contributed by atoms with Gasteiger partial charge in [-0.15, -0.1) is 0 Å². The average molecular weight is 442 g/mol. The van der Waals surface area contributed by atoms with Gasteiger partial charge in [0.25, 0.3) is 11.8 Å². The molecule has 7 heteroatoms. The van der Waals surface area contributed by atoms with Crippen molar-refractivity contribution in [2.75, 3.05) is 18.0 Å². The van der Waals surface area contributed by atoms with Gasteiger partial charge >= 0.3 is 0 Å². The van der Waals surface area contributed by atoms with Crippen LogP contribution in [0.3, 0.4) is 0 Å². The molecule has 0 fully saturated rings. The summed E-state index contributed by atoms with van der Waals surface area (Å²) in [4.78, 5) is 31.8. The molecule has 1 heterocycles. The molecule has 168 valence electrons. The highest BCUT2D eigenvalue weighted by Crippen LogP contribution is 2.16. The monoisotopic (exact) mass is 441 g/mol. The number of rotatable bonds is 9. The first-order valence-corrected chi connectivity index (χ1v) is 10.8. The maximum atomic E-state index is 12.8. The SMILES string of the molecule is CCN(CC)c1ccc(C=C(NC(=O)c2ccccc2)C(=O)NN=Cc2cccnc2)cc1. The van der Waals surface area contributed by atoms with Crippen molar-refractivity contribution < 1.29 is 9.59 Å². The zero-order valence-electron chi connectivity index (χ0n) is 18.7. The molecule has 2 aromatic carbocycles. The summed E-state index contributed by atoms with van der Waals surface area (Å²) in [5, 5.41) is 6.68. The number of nitrogens with zero attached hydrogens (tertiary/aromatic N) is 3. The summed E-state index contributed by atoms with van der Waals surface area (Å²) in [5.41, 5.74) is 5.62. The van der Waals surface area contributed by atoms with Crippen LogP contribution in [0.4, 0.5) is 5.69 Å². The van der Waals surface area contributed by atoms with Crippen LogP contribution in [0.5, 0.6) is 0 Å². The van der Waals surface area contributed by atoms with Gasteiger partial charge in [-0.25, -0.2) is 5.43 Å². The van der Waals surface area contributed by atoms with Crippen LogP contribution in [0.15, 0.2) is 89.9 Å². The highest BCUT2D eigenvalue weighted by molar-refractivity contribution is 6.05. The van der Waals surface area contributed by atoms with Crippen molar-refractivity contribution in [2.45, 2.75) is 13.8 Å². The number of hydrazone groups is 1. The van der Waals surface area contributed by atoms with E-state index in [0.29, 0.717) is 5.56 Å². The molecule has 1 aromatic heterocycles. The lowest BCUT2D eigenvalue weighted by Crippen LogP contribution is -2.32. The number of carbonyl (C=O) groups excluding carboxylic acids is 2. The second kappa shape index (κ2) is 12.0. The molecule has 0 spiro atoms. The van der Waals surface area contributed by atoms with Crippen LogP contribution in [0.25, 0.3) is 6.08 Å². The summed E-state index contributed by atoms with van der Waals surface area (Å²) in [6, 6.07) is 20.1. The molecule has 0 aliphatic rings. The van der Waals surface area contributed by atoms with Crippen LogP contribution >= 0.6 is 0 Å². The molecule has 0 aliphatic carbocycles. The third-order valence-corrected chi connectivity index (χ3v) is 4.93. The van der Waals surface area contributed by atoms with E-state index in [1.807, 2.05) is 36.4 Å². The van der Waals surface area contributed by atoms with E-state index < -0.39 is 5.91 Å². The van der Waals surface area contributed by atoms with Crippen LogP contribution in [0, 0.1) is 0 Å². The van der Waals surface area contributed by atoms with Gasteiger partial charge in [-0.2, -0.15) is 5.10 Å². The maximum Gasteiger partial charge on any atom is 0.287 e. The maximum absolute atomic E-state index is 12.8. The Kier molecular flexibility index (Phi) is 8.48. The van der Waals surface area contributed by atoms with Crippen molar-refractivity contribution in [3.8, 4) is 0 Å². The Morgan fingerprint density at radius 1 is 0.939 bits per heavy atom. The molecule has 2 amide bonds. The molecule has 0 unspecified atom stereocenters. The lowest BCUT2D eigenvalue weighted by atomic mass is 10.1. The van der Waals surface area contributed by atoms with Crippen molar-refractivity contribution >= 4 is 29.8 Å². The molecule has 0 saturated heterocycles. The zero-order valence-corrected chi connectivity index (χ0v) is 18.7. The molecular formula is C26H27N5O2. The van der Waals surface area contributed by atoms with E-state index in [1.165, 1.54) is 6.21 Å². The third kappa shape index (κ3) is 6.87. The summed E-state index contributed by atoms with van der Waals surface area (Å²) in [6.45, 7) is 6.01. The van der Waals surface area contributed by atoms with Crippen LogP contribution in [0.1, 0.15) is 35.3 Å². The van der Waals surface area contributed by atoms with Crippen molar-refractivity contribution in [3.05, 3.63) is 102 Å². The van der Waals surface area contributed by atoms with Crippen molar-refractivity contribution in [3.63, 3.8) is 0 Å². The van der Waals surface area contributed by atoms with Crippen LogP contribution < -0.4 is 15.6 Å². The summed E-state index contributed by atoms with van der Waals surface area (Å²) >= 11 is 0. The van der Waals surface area contributed by atoms with Gasteiger partial charge in [0.2, 0.25) is 0 Å². The predicted octanol–water partition coefficient (Wildman–Crippen LogP) is 3.85. The van der Waals surface area contributed by atoms with Crippen LogP contribution in [0.2, 0.25) is 0 Å². The molecular weight excluding hydrogens is 414 g/mol. The number of benzene rings is 2. The fourth-order valence-electron chi connectivity index (χ4n) is 3.16. The highest BCUT2D eigenvalue weighted by Gasteiger charge is 2.14. The number of aromatic nitrogens is 1. The minimum atomic E-state index is -0.535. The number of hydrogen-bond acceptors (Lipinski definition) is 5. The summed E-state index contributed by atoms with van der Waals surface area (Å²) < 4.78 is 0. The van der Waals surface area contributed by atoms with E-state index in [2.05, 4.69) is 39.6 Å². The van der Waals surface area contributed by atoms with E-state index in [9.17, 15) is 9.59 Å². The highest BCUT2D eigenvalue weighted by atomic mass is 16.2. The molecule has 0 saturated carbocycles.